The number of pyridine rings is 1. The van der Waals surface area contributed by atoms with E-state index in [-0.39, 0.29) is 5.91 Å². The Balaban J connectivity index is 1.64. The first-order valence-corrected chi connectivity index (χ1v) is 9.38. The van der Waals surface area contributed by atoms with Crippen LogP contribution in [0.4, 0.5) is 5.69 Å². The van der Waals surface area contributed by atoms with Gasteiger partial charge in [-0.05, 0) is 56.2 Å². The molecule has 1 N–H and O–H groups in total. The SMILES string of the molecule is Cc1cc(C)c2nc(SCCC(=O)Nc3ccccc3)cc(C)c2c1. The Bertz CT molecular complexity index is 907. The number of benzene rings is 2. The van der Waals surface area contributed by atoms with E-state index in [4.69, 9.17) is 4.98 Å². The number of nitrogens with zero attached hydrogens (tertiary/aromatic N) is 1. The van der Waals surface area contributed by atoms with E-state index in [0.29, 0.717) is 12.2 Å². The van der Waals surface area contributed by atoms with Crippen molar-refractivity contribution in [1.29, 1.82) is 0 Å². The van der Waals surface area contributed by atoms with E-state index in [9.17, 15) is 4.79 Å². The Morgan fingerprint density at radius 2 is 1.80 bits per heavy atom. The van der Waals surface area contributed by atoms with E-state index in [1.807, 2.05) is 30.3 Å². The van der Waals surface area contributed by atoms with Crippen LogP contribution in [0.5, 0.6) is 0 Å². The Kier molecular flexibility index (Phi) is 5.39. The molecule has 25 heavy (non-hydrogen) atoms. The fourth-order valence-corrected chi connectivity index (χ4v) is 3.79. The van der Waals surface area contributed by atoms with Crippen molar-refractivity contribution in [2.75, 3.05) is 11.1 Å². The number of hydrogen-bond donors (Lipinski definition) is 1. The minimum atomic E-state index is 0.0306. The molecule has 0 saturated heterocycles. The summed E-state index contributed by atoms with van der Waals surface area (Å²) >= 11 is 1.63. The number of anilines is 1. The molecular formula is C21H22N2OS. The van der Waals surface area contributed by atoms with Gasteiger partial charge in [0.25, 0.3) is 0 Å². The Hall–Kier alpha value is -2.33. The maximum Gasteiger partial charge on any atom is 0.225 e. The van der Waals surface area contributed by atoms with Gasteiger partial charge in [0, 0.05) is 23.2 Å². The molecule has 0 spiro atoms. The molecule has 0 fully saturated rings. The van der Waals surface area contributed by atoms with Gasteiger partial charge in [0.1, 0.15) is 0 Å². The molecule has 0 radical (unpaired) electrons. The molecule has 0 aliphatic rings. The van der Waals surface area contributed by atoms with Crippen molar-refractivity contribution in [2.24, 2.45) is 0 Å². The third-order valence-corrected chi connectivity index (χ3v) is 4.98. The maximum atomic E-state index is 12.0. The van der Waals surface area contributed by atoms with Crippen LogP contribution in [-0.2, 0) is 4.79 Å². The van der Waals surface area contributed by atoms with Crippen LogP contribution in [0.15, 0.2) is 53.6 Å². The second-order valence-electron chi connectivity index (χ2n) is 6.27. The highest BCUT2D eigenvalue weighted by atomic mass is 32.2. The number of amides is 1. The van der Waals surface area contributed by atoms with Gasteiger partial charge in [0.2, 0.25) is 5.91 Å². The third kappa shape index (κ3) is 4.40. The van der Waals surface area contributed by atoms with Crippen LogP contribution in [-0.4, -0.2) is 16.6 Å². The van der Waals surface area contributed by atoms with Crippen molar-refractivity contribution in [1.82, 2.24) is 4.98 Å². The molecule has 0 atom stereocenters. The van der Waals surface area contributed by atoms with Gasteiger partial charge in [0.15, 0.2) is 0 Å². The predicted molar refractivity (Wildman–Crippen MR) is 106 cm³/mol. The zero-order chi connectivity index (χ0) is 17.8. The lowest BCUT2D eigenvalue weighted by Gasteiger charge is -2.10. The predicted octanol–water partition coefficient (Wildman–Crippen LogP) is 5.28. The van der Waals surface area contributed by atoms with Gasteiger partial charge in [-0.2, -0.15) is 0 Å². The monoisotopic (exact) mass is 350 g/mol. The summed E-state index contributed by atoms with van der Waals surface area (Å²) < 4.78 is 0. The third-order valence-electron chi connectivity index (χ3n) is 4.07. The summed E-state index contributed by atoms with van der Waals surface area (Å²) in [5, 5.41) is 5.10. The van der Waals surface area contributed by atoms with Crippen LogP contribution in [0.2, 0.25) is 0 Å². The highest BCUT2D eigenvalue weighted by Crippen LogP contribution is 2.27. The molecule has 2 aromatic carbocycles. The number of rotatable bonds is 5. The van der Waals surface area contributed by atoms with Crippen LogP contribution in [0.1, 0.15) is 23.1 Å². The summed E-state index contributed by atoms with van der Waals surface area (Å²) in [6, 6.07) is 16.0. The molecule has 1 amide bonds. The first-order chi connectivity index (χ1) is 12.0. The number of fused-ring (bicyclic) bond motifs is 1. The topological polar surface area (TPSA) is 42.0 Å². The van der Waals surface area contributed by atoms with E-state index < -0.39 is 0 Å². The van der Waals surface area contributed by atoms with Crippen LogP contribution in [0, 0.1) is 20.8 Å². The molecule has 1 aromatic heterocycles. The van der Waals surface area contributed by atoms with E-state index in [0.717, 1.165) is 16.2 Å². The van der Waals surface area contributed by atoms with E-state index in [2.05, 4.69) is 44.3 Å². The number of para-hydroxylation sites is 1. The first-order valence-electron chi connectivity index (χ1n) is 8.39. The van der Waals surface area contributed by atoms with Gasteiger partial charge in [0.05, 0.1) is 10.5 Å². The molecular weight excluding hydrogens is 328 g/mol. The molecule has 4 heteroatoms. The molecule has 3 rings (SSSR count). The molecule has 3 aromatic rings. The van der Waals surface area contributed by atoms with Gasteiger partial charge >= 0.3 is 0 Å². The summed E-state index contributed by atoms with van der Waals surface area (Å²) in [4.78, 5) is 16.8. The maximum absolute atomic E-state index is 12.0. The molecule has 0 bridgehead atoms. The van der Waals surface area contributed by atoms with Crippen molar-refractivity contribution < 1.29 is 4.79 Å². The van der Waals surface area contributed by atoms with E-state index in [1.54, 1.807) is 11.8 Å². The number of thioether (sulfide) groups is 1. The molecule has 0 aliphatic carbocycles. The second-order valence-corrected chi connectivity index (χ2v) is 7.38. The van der Waals surface area contributed by atoms with Crippen molar-refractivity contribution >= 4 is 34.3 Å². The molecule has 0 saturated carbocycles. The van der Waals surface area contributed by atoms with Gasteiger partial charge in [-0.25, -0.2) is 4.98 Å². The van der Waals surface area contributed by atoms with Crippen LogP contribution in [0.3, 0.4) is 0 Å². The van der Waals surface area contributed by atoms with Gasteiger partial charge in [-0.1, -0.05) is 29.8 Å². The van der Waals surface area contributed by atoms with Gasteiger partial charge in [-0.15, -0.1) is 11.8 Å². The highest BCUT2D eigenvalue weighted by Gasteiger charge is 2.08. The second kappa shape index (κ2) is 7.70. The zero-order valence-electron chi connectivity index (χ0n) is 14.8. The van der Waals surface area contributed by atoms with Crippen LogP contribution >= 0.6 is 11.8 Å². The van der Waals surface area contributed by atoms with Gasteiger partial charge in [-0.3, -0.25) is 4.79 Å². The van der Waals surface area contributed by atoms with Crippen molar-refractivity contribution in [2.45, 2.75) is 32.2 Å². The molecule has 128 valence electrons. The molecule has 1 heterocycles. The summed E-state index contributed by atoms with van der Waals surface area (Å²) in [5.41, 5.74) is 5.58. The Labute approximate surface area is 152 Å². The lowest BCUT2D eigenvalue weighted by Crippen LogP contribution is -2.12. The van der Waals surface area contributed by atoms with Crippen molar-refractivity contribution in [3.63, 3.8) is 0 Å². The summed E-state index contributed by atoms with van der Waals surface area (Å²) in [7, 11) is 0. The summed E-state index contributed by atoms with van der Waals surface area (Å²) in [6.07, 6.45) is 0.463. The quantitative estimate of drug-likeness (QED) is 0.637. The van der Waals surface area contributed by atoms with Crippen LogP contribution < -0.4 is 5.32 Å². The largest absolute Gasteiger partial charge is 0.326 e. The standard InChI is InChI=1S/C21H22N2OS/c1-14-11-16(3)21-18(12-14)15(2)13-20(23-21)25-10-9-19(24)22-17-7-5-4-6-8-17/h4-8,11-13H,9-10H2,1-3H3,(H,22,24). The van der Waals surface area contributed by atoms with E-state index >= 15 is 0 Å². The lowest BCUT2D eigenvalue weighted by atomic mass is 10.0. The van der Waals surface area contributed by atoms with E-state index in [1.165, 1.54) is 22.1 Å². The average molecular weight is 350 g/mol. The Morgan fingerprint density at radius 3 is 2.56 bits per heavy atom. The number of aryl methyl sites for hydroxylation is 3. The number of nitrogens with one attached hydrogen (secondary N) is 1. The normalized spacial score (nSPS) is 10.8. The number of hydrogen-bond acceptors (Lipinski definition) is 3. The Morgan fingerprint density at radius 1 is 1.04 bits per heavy atom. The summed E-state index contributed by atoms with van der Waals surface area (Å²) in [6.45, 7) is 6.33. The van der Waals surface area contributed by atoms with Crippen molar-refractivity contribution in [3.05, 3.63) is 65.2 Å². The minimum absolute atomic E-state index is 0.0306. The molecule has 0 unspecified atom stereocenters. The molecule has 0 aliphatic heterocycles. The minimum Gasteiger partial charge on any atom is -0.326 e. The number of aromatic nitrogens is 1. The fraction of sp³-hybridized carbons (Fsp3) is 0.238. The summed E-state index contributed by atoms with van der Waals surface area (Å²) in [5.74, 6) is 0.740. The number of carbonyl (C=O) groups excluding carboxylic acids is 1. The lowest BCUT2D eigenvalue weighted by molar-refractivity contribution is -0.115. The zero-order valence-corrected chi connectivity index (χ0v) is 15.6. The van der Waals surface area contributed by atoms with Crippen molar-refractivity contribution in [3.8, 4) is 0 Å². The van der Waals surface area contributed by atoms with Gasteiger partial charge < -0.3 is 5.32 Å². The smallest absolute Gasteiger partial charge is 0.225 e. The molecule has 3 nitrogen and oxygen atoms in total. The average Bonchev–Trinajstić information content (AvgIpc) is 2.57. The highest BCUT2D eigenvalue weighted by molar-refractivity contribution is 7.99. The number of carbonyl (C=O) groups is 1. The first kappa shape index (κ1) is 17.5. The fourth-order valence-electron chi connectivity index (χ4n) is 2.88. The van der Waals surface area contributed by atoms with Crippen LogP contribution in [0.25, 0.3) is 10.9 Å².